The zero-order chi connectivity index (χ0) is 14.7. The fourth-order valence-electron chi connectivity index (χ4n) is 2.12. The van der Waals surface area contributed by atoms with Gasteiger partial charge in [-0.3, -0.25) is 0 Å². The van der Waals surface area contributed by atoms with Crippen molar-refractivity contribution < 1.29 is 14.3 Å². The van der Waals surface area contributed by atoms with Gasteiger partial charge in [0.05, 0.1) is 0 Å². The summed E-state index contributed by atoms with van der Waals surface area (Å²) in [5, 5.41) is 11.3. The Morgan fingerprint density at radius 3 is 1.73 bits per heavy atom. The second-order valence-corrected chi connectivity index (χ2v) is 6.59. The number of aromatic carboxylic acids is 1. The van der Waals surface area contributed by atoms with Crippen molar-refractivity contribution in [1.82, 2.24) is 0 Å². The average molecular weight is 320 g/mol. The SMILES string of the molecule is O=C(O)c1ccc(P(c2ccccc2)c2ccccc2)o1.[NaH]. The third kappa shape index (κ3) is 3.68. The first-order chi connectivity index (χ1) is 10.3. The van der Waals surface area contributed by atoms with E-state index >= 15 is 0 Å². The minimum absolute atomic E-state index is 0. The van der Waals surface area contributed by atoms with Crippen LogP contribution in [0.25, 0.3) is 0 Å². The van der Waals surface area contributed by atoms with E-state index in [-0.39, 0.29) is 35.3 Å². The second-order valence-electron chi connectivity index (χ2n) is 4.45. The van der Waals surface area contributed by atoms with Crippen LogP contribution < -0.4 is 16.1 Å². The summed E-state index contributed by atoms with van der Waals surface area (Å²) in [5.41, 5.74) is 0.694. The van der Waals surface area contributed by atoms with E-state index in [1.54, 1.807) is 6.07 Å². The van der Waals surface area contributed by atoms with Crippen LogP contribution in [0, 0.1) is 0 Å². The van der Waals surface area contributed by atoms with E-state index in [9.17, 15) is 4.79 Å². The summed E-state index contributed by atoms with van der Waals surface area (Å²) in [7, 11) is -0.880. The first kappa shape index (κ1) is 17.0. The van der Waals surface area contributed by atoms with Crippen molar-refractivity contribution in [3.63, 3.8) is 0 Å². The van der Waals surface area contributed by atoms with Crippen LogP contribution in [0.5, 0.6) is 0 Å². The quantitative estimate of drug-likeness (QED) is 0.591. The van der Waals surface area contributed by atoms with Crippen LogP contribution in [0.15, 0.2) is 77.2 Å². The topological polar surface area (TPSA) is 50.4 Å². The molecular formula is C17H14NaO3P. The summed E-state index contributed by atoms with van der Waals surface area (Å²) < 4.78 is 5.55. The van der Waals surface area contributed by atoms with Gasteiger partial charge in [0.25, 0.3) is 0 Å². The van der Waals surface area contributed by atoms with Gasteiger partial charge in [0.1, 0.15) is 5.50 Å². The molecule has 0 bridgehead atoms. The predicted octanol–water partition coefficient (Wildman–Crippen LogP) is 2.09. The summed E-state index contributed by atoms with van der Waals surface area (Å²) in [6.07, 6.45) is 0. The van der Waals surface area contributed by atoms with Gasteiger partial charge in [-0.25, -0.2) is 4.79 Å². The summed E-state index contributed by atoms with van der Waals surface area (Å²) in [6, 6.07) is 23.3. The van der Waals surface area contributed by atoms with Crippen molar-refractivity contribution in [3.05, 3.63) is 78.6 Å². The monoisotopic (exact) mass is 320 g/mol. The third-order valence-corrected chi connectivity index (χ3v) is 5.36. The van der Waals surface area contributed by atoms with Crippen molar-refractivity contribution in [2.45, 2.75) is 0 Å². The van der Waals surface area contributed by atoms with Crippen molar-refractivity contribution in [2.75, 3.05) is 0 Å². The Morgan fingerprint density at radius 1 is 0.818 bits per heavy atom. The summed E-state index contributed by atoms with van der Waals surface area (Å²) in [6.45, 7) is 0. The Balaban J connectivity index is 0.00000176. The van der Waals surface area contributed by atoms with Crippen LogP contribution in [0.3, 0.4) is 0 Å². The number of hydrogen-bond acceptors (Lipinski definition) is 2. The molecule has 0 aliphatic carbocycles. The number of carboxylic acids is 1. The number of hydrogen-bond donors (Lipinski definition) is 1. The van der Waals surface area contributed by atoms with Gasteiger partial charge >= 0.3 is 35.5 Å². The first-order valence-electron chi connectivity index (χ1n) is 6.49. The van der Waals surface area contributed by atoms with Gasteiger partial charge in [0.15, 0.2) is 0 Å². The maximum atomic E-state index is 11.0. The molecule has 0 atom stereocenters. The van der Waals surface area contributed by atoms with E-state index in [1.165, 1.54) is 6.07 Å². The number of furan rings is 1. The Morgan fingerprint density at radius 2 is 1.32 bits per heavy atom. The molecule has 3 aromatic rings. The van der Waals surface area contributed by atoms with Crippen molar-refractivity contribution in [3.8, 4) is 0 Å². The van der Waals surface area contributed by atoms with Gasteiger partial charge in [0, 0.05) is 7.92 Å². The summed E-state index contributed by atoms with van der Waals surface area (Å²) in [4.78, 5) is 11.0. The molecule has 0 spiro atoms. The standard InChI is InChI=1S/C17H13O3P.Na.H/c18-17(19)15-11-12-16(20-15)21(13-7-3-1-4-8-13)14-9-5-2-6-10-14;;/h1-12H,(H,18,19);;. The summed E-state index contributed by atoms with van der Waals surface area (Å²) >= 11 is 0. The fraction of sp³-hybridized carbons (Fsp3) is 0. The van der Waals surface area contributed by atoms with Crippen LogP contribution >= 0.6 is 7.92 Å². The fourth-order valence-corrected chi connectivity index (χ4v) is 4.28. The molecule has 22 heavy (non-hydrogen) atoms. The van der Waals surface area contributed by atoms with Crippen molar-refractivity contribution in [2.24, 2.45) is 0 Å². The van der Waals surface area contributed by atoms with Gasteiger partial charge < -0.3 is 9.52 Å². The molecule has 5 heteroatoms. The van der Waals surface area contributed by atoms with E-state index in [0.29, 0.717) is 5.50 Å². The molecule has 3 nitrogen and oxygen atoms in total. The molecule has 0 unspecified atom stereocenters. The first-order valence-corrected chi connectivity index (χ1v) is 7.83. The predicted molar refractivity (Wildman–Crippen MR) is 91.5 cm³/mol. The molecule has 0 aliphatic heterocycles. The van der Waals surface area contributed by atoms with E-state index in [0.717, 1.165) is 10.6 Å². The zero-order valence-electron chi connectivity index (χ0n) is 11.1. The Hall–Kier alpha value is -1.38. The number of benzene rings is 2. The second kappa shape index (κ2) is 7.75. The van der Waals surface area contributed by atoms with Crippen LogP contribution in [0.4, 0.5) is 0 Å². The molecule has 0 saturated heterocycles. The summed E-state index contributed by atoms with van der Waals surface area (Å²) in [5.74, 6) is -1.07. The molecule has 106 valence electrons. The van der Waals surface area contributed by atoms with Crippen LogP contribution in [0.2, 0.25) is 0 Å². The Kier molecular flexibility index (Phi) is 5.98. The van der Waals surface area contributed by atoms with Gasteiger partial charge in [0.2, 0.25) is 5.76 Å². The normalized spacial score (nSPS) is 10.2. The van der Waals surface area contributed by atoms with Crippen LogP contribution in [-0.4, -0.2) is 40.6 Å². The molecule has 3 rings (SSSR count). The zero-order valence-corrected chi connectivity index (χ0v) is 12.0. The molecule has 0 radical (unpaired) electrons. The number of carboxylic acid groups (broad SMARTS) is 1. The van der Waals surface area contributed by atoms with Gasteiger partial charge in [-0.15, -0.1) is 0 Å². The van der Waals surface area contributed by atoms with Crippen molar-refractivity contribution >= 4 is 59.6 Å². The molecule has 1 aromatic heterocycles. The third-order valence-electron chi connectivity index (χ3n) is 3.05. The molecular weight excluding hydrogens is 306 g/mol. The van der Waals surface area contributed by atoms with Crippen LogP contribution in [-0.2, 0) is 0 Å². The van der Waals surface area contributed by atoms with Gasteiger partial charge in [-0.2, -0.15) is 0 Å². The molecule has 0 saturated carbocycles. The number of carbonyl (C=O) groups is 1. The van der Waals surface area contributed by atoms with E-state index in [4.69, 9.17) is 9.52 Å². The van der Waals surface area contributed by atoms with Gasteiger partial charge in [-0.05, 0) is 22.7 Å². The molecule has 1 N–H and O–H groups in total. The molecule has 0 amide bonds. The van der Waals surface area contributed by atoms with E-state index < -0.39 is 13.9 Å². The maximum absolute atomic E-state index is 11.0. The number of rotatable bonds is 4. The van der Waals surface area contributed by atoms with Crippen molar-refractivity contribution in [1.29, 1.82) is 0 Å². The van der Waals surface area contributed by atoms with E-state index in [1.807, 2.05) is 60.7 Å². The van der Waals surface area contributed by atoms with Gasteiger partial charge in [-0.1, -0.05) is 60.7 Å². The van der Waals surface area contributed by atoms with Crippen LogP contribution in [0.1, 0.15) is 10.6 Å². The Bertz CT molecular complexity index is 701. The Labute approximate surface area is 152 Å². The molecule has 0 aliphatic rings. The minimum atomic E-state index is -1.04. The molecule has 1 heterocycles. The molecule has 0 fully saturated rings. The molecule has 2 aromatic carbocycles. The average Bonchev–Trinajstić information content (AvgIpc) is 3.00. The van der Waals surface area contributed by atoms with E-state index in [2.05, 4.69) is 0 Å².